The monoisotopic (exact) mass is 368 g/mol. The number of halogens is 1. The molecule has 0 unspecified atom stereocenters. The number of amides is 2. The van der Waals surface area contributed by atoms with E-state index in [2.05, 4.69) is 26.6 Å². The van der Waals surface area contributed by atoms with Gasteiger partial charge >= 0.3 is 5.97 Å². The minimum Gasteiger partial charge on any atom is -0.451 e. The molecule has 22 heavy (non-hydrogen) atoms. The van der Waals surface area contributed by atoms with Crippen molar-refractivity contribution >= 4 is 39.4 Å². The van der Waals surface area contributed by atoms with E-state index in [0.29, 0.717) is 18.5 Å². The lowest BCUT2D eigenvalue weighted by atomic mass is 10.2. The Morgan fingerprint density at radius 3 is 2.77 bits per heavy atom. The Labute approximate surface area is 136 Å². The van der Waals surface area contributed by atoms with Crippen molar-refractivity contribution in [2.24, 2.45) is 0 Å². The van der Waals surface area contributed by atoms with Crippen molar-refractivity contribution in [1.82, 2.24) is 5.32 Å². The van der Waals surface area contributed by atoms with Crippen LogP contribution in [0.25, 0.3) is 0 Å². The Balaban J connectivity index is 1.91. The van der Waals surface area contributed by atoms with Gasteiger partial charge in [0.05, 0.1) is 5.69 Å². The third-order valence-electron chi connectivity index (χ3n) is 3.32. The van der Waals surface area contributed by atoms with Gasteiger partial charge in [0.15, 0.2) is 6.10 Å². The van der Waals surface area contributed by atoms with Crippen LogP contribution in [0.15, 0.2) is 22.7 Å². The zero-order valence-electron chi connectivity index (χ0n) is 12.3. The fraction of sp³-hybridized carbons (Fsp3) is 0.400. The molecule has 2 N–H and O–H groups in total. The van der Waals surface area contributed by atoms with E-state index in [1.165, 1.54) is 6.92 Å². The molecule has 1 aliphatic rings. The van der Waals surface area contributed by atoms with Crippen LogP contribution >= 0.6 is 15.9 Å². The highest BCUT2D eigenvalue weighted by molar-refractivity contribution is 9.10. The number of hydrogen-bond donors (Lipinski definition) is 2. The number of carbonyl (C=O) groups excluding carboxylic acids is 3. The van der Waals surface area contributed by atoms with E-state index in [9.17, 15) is 14.4 Å². The quantitative estimate of drug-likeness (QED) is 0.795. The molecule has 1 fully saturated rings. The average molecular weight is 369 g/mol. The Kier molecular flexibility index (Phi) is 5.18. The first-order chi connectivity index (χ1) is 10.4. The Morgan fingerprint density at radius 1 is 1.45 bits per heavy atom. The van der Waals surface area contributed by atoms with Crippen molar-refractivity contribution in [2.45, 2.75) is 38.8 Å². The minimum atomic E-state index is -0.946. The molecule has 0 spiro atoms. The lowest BCUT2D eigenvalue weighted by Crippen LogP contribution is -2.39. The van der Waals surface area contributed by atoms with Crippen molar-refractivity contribution in [1.29, 1.82) is 0 Å². The van der Waals surface area contributed by atoms with Crippen LogP contribution in [-0.4, -0.2) is 29.9 Å². The molecule has 2 atom stereocenters. The first kappa shape index (κ1) is 16.5. The zero-order valence-corrected chi connectivity index (χ0v) is 13.9. The summed E-state index contributed by atoms with van der Waals surface area (Å²) in [6, 6.07) is 4.85. The van der Waals surface area contributed by atoms with Crippen LogP contribution in [-0.2, 0) is 19.1 Å². The molecule has 1 aromatic rings. The van der Waals surface area contributed by atoms with E-state index in [4.69, 9.17) is 4.74 Å². The standard InChI is InChI=1S/C15H17BrN2O4/c1-8-3-4-11(10(16)7-8)18-14(20)9(2)22-15(21)12-5-6-13(19)17-12/h3-4,7,9,12H,5-6H2,1-2H3,(H,17,19)(H,18,20)/t9-,12+/m1/s1. The average Bonchev–Trinajstić information content (AvgIpc) is 2.88. The van der Waals surface area contributed by atoms with Gasteiger partial charge in [0, 0.05) is 10.9 Å². The lowest BCUT2D eigenvalue weighted by molar-refractivity contribution is -0.155. The van der Waals surface area contributed by atoms with Gasteiger partial charge in [-0.3, -0.25) is 9.59 Å². The van der Waals surface area contributed by atoms with Crippen LogP contribution in [0.5, 0.6) is 0 Å². The third kappa shape index (κ3) is 4.07. The molecule has 0 saturated carbocycles. The van der Waals surface area contributed by atoms with Gasteiger partial charge in [0.1, 0.15) is 6.04 Å². The molecule has 1 saturated heterocycles. The molecule has 7 heteroatoms. The third-order valence-corrected chi connectivity index (χ3v) is 3.98. The molecule has 118 valence electrons. The van der Waals surface area contributed by atoms with E-state index < -0.39 is 24.0 Å². The minimum absolute atomic E-state index is 0.178. The molecule has 0 bridgehead atoms. The summed E-state index contributed by atoms with van der Waals surface area (Å²) in [4.78, 5) is 35.0. The smallest absolute Gasteiger partial charge is 0.329 e. The maximum absolute atomic E-state index is 12.1. The maximum atomic E-state index is 12.1. The van der Waals surface area contributed by atoms with Gasteiger partial charge in [0.25, 0.3) is 5.91 Å². The van der Waals surface area contributed by atoms with E-state index in [-0.39, 0.29) is 5.91 Å². The van der Waals surface area contributed by atoms with E-state index in [1.54, 1.807) is 6.07 Å². The normalized spacial score (nSPS) is 18.5. The van der Waals surface area contributed by atoms with E-state index in [0.717, 1.165) is 10.0 Å². The van der Waals surface area contributed by atoms with Crippen LogP contribution in [0.4, 0.5) is 5.69 Å². The molecule has 0 aromatic heterocycles. The second-order valence-electron chi connectivity index (χ2n) is 5.21. The van der Waals surface area contributed by atoms with Crippen LogP contribution in [0.1, 0.15) is 25.3 Å². The highest BCUT2D eigenvalue weighted by atomic mass is 79.9. The van der Waals surface area contributed by atoms with Crippen molar-refractivity contribution in [2.75, 3.05) is 5.32 Å². The van der Waals surface area contributed by atoms with Crippen LogP contribution < -0.4 is 10.6 Å². The first-order valence-corrected chi connectivity index (χ1v) is 7.73. The van der Waals surface area contributed by atoms with Crippen molar-refractivity contribution < 1.29 is 19.1 Å². The fourth-order valence-electron chi connectivity index (χ4n) is 2.06. The summed E-state index contributed by atoms with van der Waals surface area (Å²) < 4.78 is 5.85. The van der Waals surface area contributed by atoms with Gasteiger partial charge in [0.2, 0.25) is 5.91 Å². The van der Waals surface area contributed by atoms with Crippen LogP contribution in [0.2, 0.25) is 0 Å². The Hall–Kier alpha value is -1.89. The molecular formula is C15H17BrN2O4. The van der Waals surface area contributed by atoms with Crippen molar-refractivity contribution in [3.63, 3.8) is 0 Å². The topological polar surface area (TPSA) is 84.5 Å². The number of esters is 1. The second-order valence-corrected chi connectivity index (χ2v) is 6.06. The van der Waals surface area contributed by atoms with Crippen molar-refractivity contribution in [3.05, 3.63) is 28.2 Å². The molecule has 2 amide bonds. The molecule has 1 aromatic carbocycles. The Morgan fingerprint density at radius 2 is 2.18 bits per heavy atom. The van der Waals surface area contributed by atoms with Gasteiger partial charge in [-0.2, -0.15) is 0 Å². The predicted octanol–water partition coefficient (Wildman–Crippen LogP) is 1.91. The molecule has 1 heterocycles. The highest BCUT2D eigenvalue weighted by Crippen LogP contribution is 2.23. The van der Waals surface area contributed by atoms with E-state index >= 15 is 0 Å². The molecular weight excluding hydrogens is 352 g/mol. The number of benzene rings is 1. The number of ether oxygens (including phenoxy) is 1. The van der Waals surface area contributed by atoms with Gasteiger partial charge in [-0.05, 0) is 53.9 Å². The molecule has 0 radical (unpaired) electrons. The molecule has 2 rings (SSSR count). The summed E-state index contributed by atoms with van der Waals surface area (Å²) >= 11 is 3.37. The van der Waals surface area contributed by atoms with Gasteiger partial charge in [-0.1, -0.05) is 6.07 Å². The SMILES string of the molecule is Cc1ccc(NC(=O)[C@@H](C)OC(=O)[C@@H]2CCC(=O)N2)c(Br)c1. The van der Waals surface area contributed by atoms with Crippen LogP contribution in [0.3, 0.4) is 0 Å². The number of nitrogens with one attached hydrogen (secondary N) is 2. The fourth-order valence-corrected chi connectivity index (χ4v) is 2.65. The van der Waals surface area contributed by atoms with Crippen LogP contribution in [0, 0.1) is 6.92 Å². The Bertz CT molecular complexity index is 618. The number of hydrogen-bond acceptors (Lipinski definition) is 4. The summed E-state index contributed by atoms with van der Waals surface area (Å²) in [7, 11) is 0. The van der Waals surface area contributed by atoms with Gasteiger partial charge in [-0.25, -0.2) is 4.79 Å². The van der Waals surface area contributed by atoms with E-state index in [1.807, 2.05) is 19.1 Å². The number of carbonyl (C=O) groups is 3. The number of rotatable bonds is 4. The molecule has 6 nitrogen and oxygen atoms in total. The maximum Gasteiger partial charge on any atom is 0.329 e. The number of anilines is 1. The summed E-state index contributed by atoms with van der Waals surface area (Å²) in [6.45, 7) is 3.43. The predicted molar refractivity (Wildman–Crippen MR) is 84.2 cm³/mol. The summed E-state index contributed by atoms with van der Waals surface area (Å²) in [5.41, 5.74) is 1.66. The largest absolute Gasteiger partial charge is 0.451 e. The van der Waals surface area contributed by atoms with Gasteiger partial charge in [-0.15, -0.1) is 0 Å². The summed E-state index contributed by atoms with van der Waals surface area (Å²) in [5.74, 6) is -1.19. The zero-order chi connectivity index (χ0) is 16.3. The molecule has 0 aliphatic carbocycles. The number of aryl methyl sites for hydroxylation is 1. The highest BCUT2D eigenvalue weighted by Gasteiger charge is 2.30. The summed E-state index contributed by atoms with van der Waals surface area (Å²) in [5, 5.41) is 5.20. The lowest BCUT2D eigenvalue weighted by Gasteiger charge is -2.16. The second kappa shape index (κ2) is 6.91. The first-order valence-electron chi connectivity index (χ1n) is 6.93. The van der Waals surface area contributed by atoms with Crippen molar-refractivity contribution in [3.8, 4) is 0 Å². The summed E-state index contributed by atoms with van der Waals surface area (Å²) in [6.07, 6.45) is -0.246. The van der Waals surface area contributed by atoms with Gasteiger partial charge < -0.3 is 15.4 Å². The molecule has 1 aliphatic heterocycles.